The van der Waals surface area contributed by atoms with Gasteiger partial charge >= 0.3 is 0 Å². The molecule has 0 bridgehead atoms. The molecule has 0 amide bonds. The summed E-state index contributed by atoms with van der Waals surface area (Å²) >= 11 is 7.75. The molecule has 0 atom stereocenters. The summed E-state index contributed by atoms with van der Waals surface area (Å²) in [5.74, 6) is 0.387. The second-order valence-electron chi connectivity index (χ2n) is 3.32. The molecule has 7 heteroatoms. The molecule has 1 heterocycles. The molecule has 2 N–H and O–H groups in total. The fraction of sp³-hybridized carbons (Fsp3) is 0. The first kappa shape index (κ1) is 12.9. The van der Waals surface area contributed by atoms with Gasteiger partial charge in [-0.15, -0.1) is 0 Å². The molecule has 2 rings (SSSR count). The summed E-state index contributed by atoms with van der Waals surface area (Å²) in [5.41, 5.74) is 0.701. The molecule has 90 valence electrons. The zero-order valence-electron chi connectivity index (χ0n) is 8.87. The van der Waals surface area contributed by atoms with Crippen molar-refractivity contribution in [1.29, 1.82) is 5.26 Å². The van der Waals surface area contributed by atoms with E-state index in [-0.39, 0.29) is 5.56 Å². The Bertz CT molecular complexity index is 692. The third kappa shape index (κ3) is 2.63. The van der Waals surface area contributed by atoms with Gasteiger partial charge in [0.25, 0.3) is 5.56 Å². The van der Waals surface area contributed by atoms with E-state index < -0.39 is 0 Å². The van der Waals surface area contributed by atoms with Crippen LogP contribution < -0.4 is 10.9 Å². The van der Waals surface area contributed by atoms with Crippen LogP contribution in [-0.2, 0) is 0 Å². The zero-order valence-corrected chi connectivity index (χ0v) is 11.8. The fourth-order valence-corrected chi connectivity index (χ4v) is 1.92. The van der Waals surface area contributed by atoms with Crippen molar-refractivity contribution in [3.63, 3.8) is 0 Å². The molecule has 0 spiro atoms. The summed E-state index contributed by atoms with van der Waals surface area (Å²) in [6.45, 7) is 0. The molecular weight excluding hydrogens is 367 g/mol. The first-order chi connectivity index (χ1) is 8.61. The van der Waals surface area contributed by atoms with Gasteiger partial charge in [0.1, 0.15) is 9.64 Å². The van der Waals surface area contributed by atoms with E-state index in [0.717, 1.165) is 0 Å². The molecule has 1 aromatic carbocycles. The fourth-order valence-electron chi connectivity index (χ4n) is 1.32. The van der Waals surface area contributed by atoms with E-state index >= 15 is 0 Å². The van der Waals surface area contributed by atoms with E-state index in [0.29, 0.717) is 25.7 Å². The molecule has 0 aliphatic carbocycles. The standard InChI is InChI=1S/C11H6ClIN4O/c12-7-2-1-6(4-14)8(3-7)17-10-9(13)11(18)16-5-15-10/h1-3,5H,(H2,15,16,17,18). The van der Waals surface area contributed by atoms with Crippen LogP contribution in [0.15, 0.2) is 29.3 Å². The highest BCUT2D eigenvalue weighted by atomic mass is 127. The van der Waals surface area contributed by atoms with Gasteiger partial charge in [0, 0.05) is 5.02 Å². The van der Waals surface area contributed by atoms with E-state index in [9.17, 15) is 4.79 Å². The lowest BCUT2D eigenvalue weighted by molar-refractivity contribution is 1.10. The number of benzene rings is 1. The largest absolute Gasteiger partial charge is 0.338 e. The summed E-state index contributed by atoms with van der Waals surface area (Å²) < 4.78 is 0.416. The molecular formula is C11H6ClIN4O. The molecule has 5 nitrogen and oxygen atoms in total. The Kier molecular flexibility index (Phi) is 3.84. The molecule has 0 saturated heterocycles. The van der Waals surface area contributed by atoms with Crippen molar-refractivity contribution in [2.75, 3.05) is 5.32 Å². The van der Waals surface area contributed by atoms with Gasteiger partial charge < -0.3 is 10.3 Å². The smallest absolute Gasteiger partial charge is 0.266 e. The molecule has 2 aromatic rings. The lowest BCUT2D eigenvalue weighted by Gasteiger charge is -2.08. The van der Waals surface area contributed by atoms with Crippen LogP contribution in [0.3, 0.4) is 0 Å². The predicted molar refractivity (Wildman–Crippen MR) is 77.0 cm³/mol. The first-order valence-electron chi connectivity index (χ1n) is 4.81. The quantitative estimate of drug-likeness (QED) is 0.794. The van der Waals surface area contributed by atoms with Crippen molar-refractivity contribution in [2.24, 2.45) is 0 Å². The summed E-state index contributed by atoms with van der Waals surface area (Å²) in [6.07, 6.45) is 1.30. The minimum absolute atomic E-state index is 0.242. The number of hydrogen-bond donors (Lipinski definition) is 2. The SMILES string of the molecule is N#Cc1ccc(Cl)cc1Nc1nc[nH]c(=O)c1I. The summed E-state index contributed by atoms with van der Waals surface area (Å²) in [4.78, 5) is 17.9. The number of H-pyrrole nitrogens is 1. The van der Waals surface area contributed by atoms with Gasteiger partial charge in [-0.3, -0.25) is 4.79 Å². The van der Waals surface area contributed by atoms with Crippen LogP contribution in [0.5, 0.6) is 0 Å². The first-order valence-corrected chi connectivity index (χ1v) is 6.27. The number of nitrogens with one attached hydrogen (secondary N) is 2. The highest BCUT2D eigenvalue weighted by Crippen LogP contribution is 2.24. The van der Waals surface area contributed by atoms with Crippen LogP contribution in [0, 0.1) is 14.9 Å². The van der Waals surface area contributed by atoms with Crippen LogP contribution >= 0.6 is 34.2 Å². The maximum Gasteiger partial charge on any atom is 0.266 e. The Hall–Kier alpha value is -1.59. The third-order valence-electron chi connectivity index (χ3n) is 2.15. The average Bonchev–Trinajstić information content (AvgIpc) is 2.35. The average molecular weight is 373 g/mol. The Labute approximate surface area is 121 Å². The Morgan fingerprint density at radius 1 is 1.50 bits per heavy atom. The van der Waals surface area contributed by atoms with Gasteiger partial charge in [-0.1, -0.05) is 11.6 Å². The van der Waals surface area contributed by atoms with Crippen LogP contribution in [0.4, 0.5) is 11.5 Å². The molecule has 0 radical (unpaired) electrons. The van der Waals surface area contributed by atoms with Crippen molar-refractivity contribution in [1.82, 2.24) is 9.97 Å². The van der Waals surface area contributed by atoms with Gasteiger partial charge in [-0.05, 0) is 40.8 Å². The van der Waals surface area contributed by atoms with Gasteiger partial charge in [-0.25, -0.2) is 4.98 Å². The highest BCUT2D eigenvalue weighted by molar-refractivity contribution is 14.1. The predicted octanol–water partition coefficient (Wildman–Crippen LogP) is 2.64. The summed E-state index contributed by atoms with van der Waals surface area (Å²) in [7, 11) is 0. The van der Waals surface area contributed by atoms with E-state index in [2.05, 4.69) is 15.3 Å². The molecule has 0 fully saturated rings. The van der Waals surface area contributed by atoms with Crippen LogP contribution in [0.25, 0.3) is 0 Å². The molecule has 18 heavy (non-hydrogen) atoms. The molecule has 0 aliphatic rings. The van der Waals surface area contributed by atoms with Crippen LogP contribution in [-0.4, -0.2) is 9.97 Å². The molecule has 0 unspecified atom stereocenters. The second kappa shape index (κ2) is 5.37. The number of rotatable bonds is 2. The van der Waals surface area contributed by atoms with E-state index in [1.54, 1.807) is 18.2 Å². The Morgan fingerprint density at radius 3 is 3.00 bits per heavy atom. The third-order valence-corrected chi connectivity index (χ3v) is 3.39. The number of hydrogen-bond acceptors (Lipinski definition) is 4. The second-order valence-corrected chi connectivity index (χ2v) is 4.84. The Morgan fingerprint density at radius 2 is 2.28 bits per heavy atom. The molecule has 0 saturated carbocycles. The van der Waals surface area contributed by atoms with Crippen LogP contribution in [0.2, 0.25) is 5.02 Å². The lowest BCUT2D eigenvalue weighted by Crippen LogP contribution is -2.13. The van der Waals surface area contributed by atoms with E-state index in [1.807, 2.05) is 28.7 Å². The summed E-state index contributed by atoms with van der Waals surface area (Å²) in [5, 5.41) is 12.4. The lowest BCUT2D eigenvalue weighted by atomic mass is 10.2. The van der Waals surface area contributed by atoms with Crippen molar-refractivity contribution >= 4 is 45.7 Å². The molecule has 1 aromatic heterocycles. The Balaban J connectivity index is 2.46. The number of halogens is 2. The van der Waals surface area contributed by atoms with Gasteiger partial charge in [0.2, 0.25) is 0 Å². The van der Waals surface area contributed by atoms with Crippen LogP contribution in [0.1, 0.15) is 5.56 Å². The van der Waals surface area contributed by atoms with E-state index in [4.69, 9.17) is 16.9 Å². The minimum atomic E-state index is -0.242. The van der Waals surface area contributed by atoms with E-state index in [1.165, 1.54) is 6.33 Å². The number of anilines is 2. The van der Waals surface area contributed by atoms with Crippen molar-refractivity contribution in [2.45, 2.75) is 0 Å². The van der Waals surface area contributed by atoms with Gasteiger partial charge in [0.05, 0.1) is 17.6 Å². The maximum absolute atomic E-state index is 11.4. The van der Waals surface area contributed by atoms with Gasteiger partial charge in [0.15, 0.2) is 5.82 Å². The van der Waals surface area contributed by atoms with Crippen molar-refractivity contribution < 1.29 is 0 Å². The zero-order chi connectivity index (χ0) is 13.1. The normalized spacial score (nSPS) is 9.83. The number of aromatic nitrogens is 2. The summed E-state index contributed by atoms with van der Waals surface area (Å²) in [6, 6.07) is 6.88. The van der Waals surface area contributed by atoms with Crippen molar-refractivity contribution in [3.8, 4) is 6.07 Å². The molecule has 0 aliphatic heterocycles. The number of nitriles is 1. The van der Waals surface area contributed by atoms with Crippen molar-refractivity contribution in [3.05, 3.63) is 49.0 Å². The minimum Gasteiger partial charge on any atom is -0.338 e. The topological polar surface area (TPSA) is 81.6 Å². The highest BCUT2D eigenvalue weighted by Gasteiger charge is 2.08. The van der Waals surface area contributed by atoms with Gasteiger partial charge in [-0.2, -0.15) is 5.26 Å². The monoisotopic (exact) mass is 372 g/mol. The number of aromatic amines is 1. The maximum atomic E-state index is 11.4. The number of nitrogens with zero attached hydrogens (tertiary/aromatic N) is 2.